The second-order valence-electron chi connectivity index (χ2n) is 7.53. The lowest BCUT2D eigenvalue weighted by molar-refractivity contribution is -0.115. The van der Waals surface area contributed by atoms with E-state index in [1.807, 2.05) is 47.3 Å². The molecule has 8 nitrogen and oxygen atoms in total. The molecule has 1 aliphatic rings. The molecule has 4 aromatic rings. The first kappa shape index (κ1) is 20.1. The highest BCUT2D eigenvalue weighted by Crippen LogP contribution is 2.44. The molecule has 5 rings (SSSR count). The van der Waals surface area contributed by atoms with Crippen LogP contribution < -0.4 is 10.6 Å². The summed E-state index contributed by atoms with van der Waals surface area (Å²) in [6.07, 6.45) is 5.13. The maximum absolute atomic E-state index is 11.6. The van der Waals surface area contributed by atoms with E-state index in [2.05, 4.69) is 20.6 Å². The van der Waals surface area contributed by atoms with Crippen LogP contribution in [-0.4, -0.2) is 31.6 Å². The molecule has 0 bridgehead atoms. The van der Waals surface area contributed by atoms with Crippen molar-refractivity contribution in [2.75, 3.05) is 10.6 Å². The van der Waals surface area contributed by atoms with E-state index in [1.165, 1.54) is 25.2 Å². The lowest BCUT2D eigenvalue weighted by Crippen LogP contribution is -2.07. The predicted octanol–water partition coefficient (Wildman–Crippen LogP) is 4.07. The van der Waals surface area contributed by atoms with E-state index in [0.29, 0.717) is 5.13 Å². The minimum atomic E-state index is -0.144. The third-order valence-electron chi connectivity index (χ3n) is 5.16. The Morgan fingerprint density at radius 1 is 1.03 bits per heavy atom. The van der Waals surface area contributed by atoms with Crippen molar-refractivity contribution in [3.8, 4) is 27.5 Å². The van der Waals surface area contributed by atoms with E-state index in [4.69, 9.17) is 5.10 Å². The highest BCUT2D eigenvalue weighted by atomic mass is 32.1. The molecule has 1 aromatic carbocycles. The first-order chi connectivity index (χ1) is 15.5. The SMILES string of the molecule is CC(=O)Nc1ccc(-n2nc(-c3cccnc3)c3c2-c2sc(NC(C)=O)nc2CC3)cc1. The average molecular weight is 445 g/mol. The zero-order chi connectivity index (χ0) is 22.2. The summed E-state index contributed by atoms with van der Waals surface area (Å²) >= 11 is 1.46. The molecule has 0 saturated carbocycles. The van der Waals surface area contributed by atoms with Crippen molar-refractivity contribution in [1.82, 2.24) is 19.7 Å². The summed E-state index contributed by atoms with van der Waals surface area (Å²) in [5.74, 6) is -0.262. The molecule has 2 amide bonds. The summed E-state index contributed by atoms with van der Waals surface area (Å²) in [7, 11) is 0. The van der Waals surface area contributed by atoms with Crippen molar-refractivity contribution in [3.05, 3.63) is 60.0 Å². The van der Waals surface area contributed by atoms with Crippen molar-refractivity contribution in [1.29, 1.82) is 0 Å². The first-order valence-electron chi connectivity index (χ1n) is 10.2. The zero-order valence-electron chi connectivity index (χ0n) is 17.5. The number of pyridine rings is 1. The van der Waals surface area contributed by atoms with Crippen LogP contribution in [0.4, 0.5) is 10.8 Å². The van der Waals surface area contributed by atoms with Gasteiger partial charge in [-0.05, 0) is 49.2 Å². The minimum absolute atomic E-state index is 0.118. The van der Waals surface area contributed by atoms with Crippen molar-refractivity contribution >= 4 is 34.0 Å². The molecule has 3 aromatic heterocycles. The number of fused-ring (bicyclic) bond motifs is 3. The molecule has 0 saturated heterocycles. The first-order valence-corrected chi connectivity index (χ1v) is 11.0. The van der Waals surface area contributed by atoms with Crippen molar-refractivity contribution < 1.29 is 9.59 Å². The molecular weight excluding hydrogens is 424 g/mol. The molecule has 3 heterocycles. The van der Waals surface area contributed by atoms with Gasteiger partial charge in [0.2, 0.25) is 11.8 Å². The highest BCUT2D eigenvalue weighted by molar-refractivity contribution is 7.19. The van der Waals surface area contributed by atoms with Gasteiger partial charge in [-0.3, -0.25) is 14.6 Å². The number of thiazole rings is 1. The van der Waals surface area contributed by atoms with E-state index in [0.717, 1.165) is 57.3 Å². The van der Waals surface area contributed by atoms with Crippen LogP contribution in [0.3, 0.4) is 0 Å². The summed E-state index contributed by atoms with van der Waals surface area (Å²) in [6, 6.07) is 11.5. The van der Waals surface area contributed by atoms with Gasteiger partial charge in [0, 0.05) is 43.1 Å². The van der Waals surface area contributed by atoms with Crippen LogP contribution in [0.1, 0.15) is 25.1 Å². The number of hydrogen-bond acceptors (Lipinski definition) is 6. The molecule has 0 aliphatic heterocycles. The Bertz CT molecular complexity index is 1320. The van der Waals surface area contributed by atoms with Gasteiger partial charge in [0.05, 0.1) is 27.6 Å². The largest absolute Gasteiger partial charge is 0.326 e. The van der Waals surface area contributed by atoms with E-state index in [1.54, 1.807) is 6.20 Å². The fraction of sp³-hybridized carbons (Fsp3) is 0.174. The monoisotopic (exact) mass is 444 g/mol. The zero-order valence-corrected chi connectivity index (χ0v) is 18.4. The lowest BCUT2D eigenvalue weighted by atomic mass is 9.95. The third kappa shape index (κ3) is 3.67. The normalized spacial score (nSPS) is 12.1. The van der Waals surface area contributed by atoms with Crippen LogP contribution in [0.5, 0.6) is 0 Å². The van der Waals surface area contributed by atoms with Gasteiger partial charge in [-0.25, -0.2) is 9.67 Å². The fourth-order valence-corrected chi connectivity index (χ4v) is 5.00. The Hall–Kier alpha value is -3.85. The van der Waals surface area contributed by atoms with Crippen LogP contribution in [0, 0.1) is 0 Å². The van der Waals surface area contributed by atoms with Crippen LogP contribution in [0.25, 0.3) is 27.5 Å². The average Bonchev–Trinajstić information content (AvgIpc) is 3.35. The van der Waals surface area contributed by atoms with Crippen molar-refractivity contribution in [3.63, 3.8) is 0 Å². The Morgan fingerprint density at radius 3 is 2.50 bits per heavy atom. The lowest BCUT2D eigenvalue weighted by Gasteiger charge is -2.14. The summed E-state index contributed by atoms with van der Waals surface area (Å²) in [4.78, 5) is 32.8. The third-order valence-corrected chi connectivity index (χ3v) is 6.18. The highest BCUT2D eigenvalue weighted by Gasteiger charge is 2.29. The molecular formula is C23H20N6O2S. The van der Waals surface area contributed by atoms with Gasteiger partial charge in [0.25, 0.3) is 0 Å². The standard InChI is InChI=1S/C23H20N6O2S/c1-13(30)25-16-5-7-17(8-6-16)29-21-18(20(28-29)15-4-3-11-24-12-15)9-10-19-22(21)32-23(27-19)26-14(2)31/h3-8,11-12H,9-10H2,1-2H3,(H,25,30)(H,26,27,31). The number of benzene rings is 1. The molecule has 9 heteroatoms. The number of carbonyl (C=O) groups excluding carboxylic acids is 2. The molecule has 32 heavy (non-hydrogen) atoms. The van der Waals surface area contributed by atoms with Crippen molar-refractivity contribution in [2.24, 2.45) is 0 Å². The number of anilines is 2. The number of aromatic nitrogens is 4. The van der Waals surface area contributed by atoms with Gasteiger partial charge < -0.3 is 10.6 Å². The van der Waals surface area contributed by atoms with Crippen LogP contribution >= 0.6 is 11.3 Å². The quantitative estimate of drug-likeness (QED) is 0.494. The van der Waals surface area contributed by atoms with E-state index >= 15 is 0 Å². The van der Waals surface area contributed by atoms with Gasteiger partial charge in [-0.15, -0.1) is 0 Å². The number of nitrogens with zero attached hydrogens (tertiary/aromatic N) is 4. The summed E-state index contributed by atoms with van der Waals surface area (Å²) in [5, 5.41) is 11.2. The molecule has 1 aliphatic carbocycles. The van der Waals surface area contributed by atoms with Gasteiger partial charge in [0.15, 0.2) is 5.13 Å². The van der Waals surface area contributed by atoms with Crippen molar-refractivity contribution in [2.45, 2.75) is 26.7 Å². The summed E-state index contributed by atoms with van der Waals surface area (Å²) in [5.41, 5.74) is 6.50. The number of aryl methyl sites for hydroxylation is 1. The van der Waals surface area contributed by atoms with E-state index < -0.39 is 0 Å². The Morgan fingerprint density at radius 2 is 1.81 bits per heavy atom. The summed E-state index contributed by atoms with van der Waals surface area (Å²) in [6.45, 7) is 2.96. The molecule has 0 spiro atoms. The van der Waals surface area contributed by atoms with E-state index in [9.17, 15) is 9.59 Å². The number of nitrogens with one attached hydrogen (secondary N) is 2. The molecule has 2 N–H and O–H groups in total. The second kappa shape index (κ2) is 8.01. The Kier molecular flexibility index (Phi) is 5.02. The maximum Gasteiger partial charge on any atom is 0.223 e. The number of amides is 2. The molecule has 0 atom stereocenters. The maximum atomic E-state index is 11.6. The molecule has 0 unspecified atom stereocenters. The fourth-order valence-electron chi connectivity index (χ4n) is 3.88. The molecule has 0 radical (unpaired) electrons. The minimum Gasteiger partial charge on any atom is -0.326 e. The van der Waals surface area contributed by atoms with Crippen LogP contribution in [0.15, 0.2) is 48.8 Å². The Labute approximate surface area is 188 Å². The summed E-state index contributed by atoms with van der Waals surface area (Å²) < 4.78 is 1.92. The van der Waals surface area contributed by atoms with E-state index in [-0.39, 0.29) is 11.8 Å². The Balaban J connectivity index is 1.67. The molecule has 0 fully saturated rings. The van der Waals surface area contributed by atoms with Crippen LogP contribution in [-0.2, 0) is 22.4 Å². The second-order valence-corrected chi connectivity index (χ2v) is 8.53. The topological polar surface area (TPSA) is 102 Å². The van der Waals surface area contributed by atoms with Gasteiger partial charge in [-0.1, -0.05) is 11.3 Å². The van der Waals surface area contributed by atoms with Crippen LogP contribution in [0.2, 0.25) is 0 Å². The number of hydrogen-bond donors (Lipinski definition) is 2. The predicted molar refractivity (Wildman–Crippen MR) is 124 cm³/mol. The number of carbonyl (C=O) groups is 2. The van der Waals surface area contributed by atoms with Gasteiger partial charge in [0.1, 0.15) is 0 Å². The van der Waals surface area contributed by atoms with Gasteiger partial charge >= 0.3 is 0 Å². The smallest absolute Gasteiger partial charge is 0.223 e. The van der Waals surface area contributed by atoms with Gasteiger partial charge in [-0.2, -0.15) is 5.10 Å². The number of rotatable bonds is 4. The molecule has 160 valence electrons.